The fourth-order valence-electron chi connectivity index (χ4n) is 1.71. The quantitative estimate of drug-likeness (QED) is 0.317. The van der Waals surface area contributed by atoms with E-state index in [1.165, 1.54) is 0 Å². The molecule has 1 aliphatic heterocycles. The highest BCUT2D eigenvalue weighted by molar-refractivity contribution is 7.85. The maximum Gasteiger partial charge on any atom is 0.264 e. The molecule has 1 rings (SSSR count). The maximum atomic E-state index is 10.7. The van der Waals surface area contributed by atoms with Crippen molar-refractivity contribution in [1.29, 1.82) is 0 Å². The lowest BCUT2D eigenvalue weighted by molar-refractivity contribution is 0.0481. The molecule has 17 heavy (non-hydrogen) atoms. The van der Waals surface area contributed by atoms with E-state index in [0.717, 1.165) is 6.26 Å². The van der Waals surface area contributed by atoms with E-state index in [9.17, 15) is 13.5 Å². The number of β-amino-alcohol motifs (C(OH)–C–C–N with tert-alkyl or cyclic N) is 1. The van der Waals surface area contributed by atoms with E-state index >= 15 is 0 Å². The number of hydrogen-bond acceptors (Lipinski definition) is 6. The zero-order chi connectivity index (χ0) is 12.9. The van der Waals surface area contributed by atoms with E-state index < -0.39 is 22.3 Å². The molecule has 1 fully saturated rings. The van der Waals surface area contributed by atoms with Crippen LogP contribution in [0, 0.1) is 0 Å². The molecule has 0 aromatic rings. The fourth-order valence-corrected chi connectivity index (χ4v) is 2.08. The van der Waals surface area contributed by atoms with Crippen LogP contribution in [0.1, 0.15) is 6.42 Å². The summed E-state index contributed by atoms with van der Waals surface area (Å²) in [5.74, 6) is 0. The van der Waals surface area contributed by atoms with Gasteiger partial charge in [-0.15, -0.1) is 0 Å². The summed E-state index contributed by atoms with van der Waals surface area (Å²) in [5, 5.41) is 13.2. The minimum Gasteiger partial charge on any atom is -0.391 e. The van der Waals surface area contributed by atoms with Gasteiger partial charge in [-0.2, -0.15) is 8.42 Å². The molecule has 0 saturated carbocycles. The second-order valence-corrected chi connectivity index (χ2v) is 5.60. The summed E-state index contributed by atoms with van der Waals surface area (Å²) in [5.41, 5.74) is 8.28. The number of aliphatic hydroxyl groups is 1. The normalized spacial score (nSPS) is 26.5. The number of nitrogens with zero attached hydrogens (tertiary/aromatic N) is 4. The van der Waals surface area contributed by atoms with Crippen LogP contribution < -0.4 is 0 Å². The van der Waals surface area contributed by atoms with Crippen molar-refractivity contribution in [3.63, 3.8) is 0 Å². The molecule has 0 aromatic carbocycles. The SMILES string of the molecule is CS(=O)(=O)OCCN1CCC(N=[N+]=[N-])C(O)C1. The average Bonchev–Trinajstić information content (AvgIpc) is 2.20. The first-order valence-electron chi connectivity index (χ1n) is 5.21. The topological polar surface area (TPSA) is 116 Å². The van der Waals surface area contributed by atoms with Crippen molar-refractivity contribution in [3.8, 4) is 0 Å². The first-order chi connectivity index (χ1) is 7.92. The van der Waals surface area contributed by atoms with Crippen LogP contribution in [0.4, 0.5) is 0 Å². The van der Waals surface area contributed by atoms with Gasteiger partial charge in [0.15, 0.2) is 0 Å². The predicted octanol–water partition coefficient (Wildman–Crippen LogP) is -0.292. The molecule has 1 heterocycles. The highest BCUT2D eigenvalue weighted by Gasteiger charge is 2.26. The Balaban J connectivity index is 2.32. The molecule has 2 atom stereocenters. The molecular formula is C8H16N4O4S. The molecule has 0 aliphatic carbocycles. The van der Waals surface area contributed by atoms with E-state index in [4.69, 9.17) is 5.53 Å². The van der Waals surface area contributed by atoms with Crippen molar-refractivity contribution < 1.29 is 17.7 Å². The third-order valence-electron chi connectivity index (χ3n) is 2.54. The van der Waals surface area contributed by atoms with Gasteiger partial charge in [-0.3, -0.25) is 9.08 Å². The maximum absolute atomic E-state index is 10.7. The minimum absolute atomic E-state index is 0.0672. The van der Waals surface area contributed by atoms with Gasteiger partial charge in [0.2, 0.25) is 0 Å². The second-order valence-electron chi connectivity index (χ2n) is 3.95. The minimum atomic E-state index is -3.41. The first kappa shape index (κ1) is 14.2. The van der Waals surface area contributed by atoms with Gasteiger partial charge in [0.05, 0.1) is 25.0 Å². The molecule has 9 heteroatoms. The van der Waals surface area contributed by atoms with E-state index in [0.29, 0.717) is 26.1 Å². The summed E-state index contributed by atoms with van der Waals surface area (Å²) in [6.07, 6.45) is 0.845. The lowest BCUT2D eigenvalue weighted by Crippen LogP contribution is -2.46. The highest BCUT2D eigenvalue weighted by Crippen LogP contribution is 2.14. The Morgan fingerprint density at radius 2 is 2.35 bits per heavy atom. The highest BCUT2D eigenvalue weighted by atomic mass is 32.2. The smallest absolute Gasteiger partial charge is 0.264 e. The number of hydrogen-bond donors (Lipinski definition) is 1. The molecule has 1 N–H and O–H groups in total. The van der Waals surface area contributed by atoms with Gasteiger partial charge in [0.1, 0.15) is 0 Å². The molecule has 0 radical (unpaired) electrons. The fraction of sp³-hybridized carbons (Fsp3) is 1.00. The van der Waals surface area contributed by atoms with Crippen LogP contribution in [0.25, 0.3) is 10.4 Å². The molecule has 0 aromatic heterocycles. The summed E-state index contributed by atoms with van der Waals surface area (Å²) in [4.78, 5) is 4.55. The summed E-state index contributed by atoms with van der Waals surface area (Å²) >= 11 is 0. The number of aliphatic hydroxyl groups excluding tert-OH is 1. The van der Waals surface area contributed by atoms with Crippen molar-refractivity contribution in [2.24, 2.45) is 5.11 Å². The predicted molar refractivity (Wildman–Crippen MR) is 60.8 cm³/mol. The summed E-state index contributed by atoms with van der Waals surface area (Å²) < 4.78 is 26.1. The lowest BCUT2D eigenvalue weighted by Gasteiger charge is -2.33. The zero-order valence-electron chi connectivity index (χ0n) is 9.56. The van der Waals surface area contributed by atoms with Crippen molar-refractivity contribution in [2.45, 2.75) is 18.6 Å². The Labute approximate surface area is 99.9 Å². The Morgan fingerprint density at radius 1 is 1.65 bits per heavy atom. The standard InChI is InChI=1S/C8H16N4O4S/c1-17(14,15)16-5-4-12-3-2-7(10-11-9)8(13)6-12/h7-8,13H,2-6H2,1H3. The van der Waals surface area contributed by atoms with Crippen molar-refractivity contribution in [2.75, 3.05) is 32.5 Å². The molecule has 1 aliphatic rings. The van der Waals surface area contributed by atoms with Crippen LogP contribution >= 0.6 is 0 Å². The van der Waals surface area contributed by atoms with E-state index in [1.807, 2.05) is 4.90 Å². The molecule has 1 saturated heterocycles. The zero-order valence-corrected chi connectivity index (χ0v) is 10.4. The van der Waals surface area contributed by atoms with Crippen LogP contribution in [0.15, 0.2) is 5.11 Å². The largest absolute Gasteiger partial charge is 0.391 e. The Morgan fingerprint density at radius 3 is 2.88 bits per heavy atom. The molecular weight excluding hydrogens is 248 g/mol. The number of piperidine rings is 1. The third kappa shape index (κ3) is 5.33. The summed E-state index contributed by atoms with van der Waals surface area (Å²) in [6.45, 7) is 1.50. The monoisotopic (exact) mass is 264 g/mol. The molecule has 8 nitrogen and oxygen atoms in total. The molecule has 0 amide bonds. The summed E-state index contributed by atoms with van der Waals surface area (Å²) in [7, 11) is -3.41. The molecule has 98 valence electrons. The van der Waals surface area contributed by atoms with Gasteiger partial charge < -0.3 is 5.11 Å². The van der Waals surface area contributed by atoms with E-state index in [-0.39, 0.29) is 6.61 Å². The van der Waals surface area contributed by atoms with Crippen LogP contribution in [0.5, 0.6) is 0 Å². The number of azide groups is 1. The van der Waals surface area contributed by atoms with Crippen molar-refractivity contribution in [1.82, 2.24) is 4.90 Å². The Bertz CT molecular complexity index is 392. The van der Waals surface area contributed by atoms with Gasteiger partial charge in [-0.05, 0) is 18.5 Å². The second kappa shape index (κ2) is 6.18. The van der Waals surface area contributed by atoms with Crippen LogP contribution in [0.3, 0.4) is 0 Å². The van der Waals surface area contributed by atoms with Gasteiger partial charge in [-0.25, -0.2) is 0 Å². The first-order valence-corrected chi connectivity index (χ1v) is 7.03. The van der Waals surface area contributed by atoms with Gasteiger partial charge >= 0.3 is 0 Å². The van der Waals surface area contributed by atoms with Gasteiger partial charge in [0.25, 0.3) is 10.1 Å². The number of likely N-dealkylation sites (tertiary alicyclic amines) is 1. The third-order valence-corrected chi connectivity index (χ3v) is 3.13. The molecule has 0 spiro atoms. The van der Waals surface area contributed by atoms with E-state index in [1.54, 1.807) is 0 Å². The number of rotatable bonds is 5. The average molecular weight is 264 g/mol. The van der Waals surface area contributed by atoms with Crippen molar-refractivity contribution in [3.05, 3.63) is 10.4 Å². The Kier molecular flexibility index (Phi) is 5.16. The van der Waals surface area contributed by atoms with Gasteiger partial charge in [-0.1, -0.05) is 5.11 Å². The van der Waals surface area contributed by atoms with Crippen LogP contribution in [-0.4, -0.2) is 63.1 Å². The van der Waals surface area contributed by atoms with Crippen LogP contribution in [-0.2, 0) is 14.3 Å². The van der Waals surface area contributed by atoms with E-state index in [2.05, 4.69) is 14.2 Å². The molecule has 2 unspecified atom stereocenters. The molecule has 0 bridgehead atoms. The van der Waals surface area contributed by atoms with Gasteiger partial charge in [0, 0.05) is 18.0 Å². The lowest BCUT2D eigenvalue weighted by atomic mass is 10.0. The van der Waals surface area contributed by atoms with Crippen molar-refractivity contribution >= 4 is 10.1 Å². The summed E-state index contributed by atoms with van der Waals surface area (Å²) in [6, 6.07) is -0.396. The van der Waals surface area contributed by atoms with Crippen LogP contribution in [0.2, 0.25) is 0 Å². The Hall–Kier alpha value is -0.860.